The fraction of sp³-hybridized carbons (Fsp3) is 1.00. The van der Waals surface area contributed by atoms with Crippen LogP contribution in [0.15, 0.2) is 0 Å². The van der Waals surface area contributed by atoms with Crippen molar-refractivity contribution < 1.29 is 71.9 Å². The van der Waals surface area contributed by atoms with E-state index in [1.54, 1.807) is 21.3 Å². The van der Waals surface area contributed by atoms with E-state index in [2.05, 4.69) is 35.6 Å². The van der Waals surface area contributed by atoms with Crippen LogP contribution in [0.2, 0.25) is 0 Å². The zero-order valence-corrected chi connectivity index (χ0v) is 16.9. The topological polar surface area (TPSA) is 46.2 Å². The summed E-state index contributed by atoms with van der Waals surface area (Å²) in [7, 11) is 9.23. The summed E-state index contributed by atoms with van der Waals surface area (Å²) in [6, 6.07) is 0. The number of nitrogens with zero attached hydrogens (tertiary/aromatic N) is 2. The summed E-state index contributed by atoms with van der Waals surface area (Å²) in [5.41, 5.74) is 0. The first kappa shape index (κ1) is 27.2. The van der Waals surface area contributed by atoms with Gasteiger partial charge in [0.1, 0.15) is 0 Å². The van der Waals surface area contributed by atoms with Crippen LogP contribution in [0.4, 0.5) is 0 Å². The van der Waals surface area contributed by atoms with Crippen molar-refractivity contribution in [2.45, 2.75) is 16.5 Å². The molecule has 0 aliphatic carbocycles. The van der Waals surface area contributed by atoms with Crippen molar-refractivity contribution in [2.24, 2.45) is 0 Å². The Labute approximate surface area is 158 Å². The van der Waals surface area contributed by atoms with Gasteiger partial charge >= 0.3 is 121 Å². The zero-order valence-electron chi connectivity index (χ0n) is 13.0. The number of likely N-dealkylation sites (N-methyl/N-ethyl adjacent to an activating group) is 2. The Balaban J connectivity index is -0.00000108. The van der Waals surface area contributed by atoms with Crippen LogP contribution in [-0.2, 0) is 34.6 Å². The van der Waals surface area contributed by atoms with E-state index in [9.17, 15) is 0 Å². The van der Waals surface area contributed by atoms with Crippen molar-refractivity contribution in [1.82, 2.24) is 15.1 Å². The third kappa shape index (κ3) is 7.63. The third-order valence-corrected chi connectivity index (χ3v) is 4.65. The van der Waals surface area contributed by atoms with Crippen molar-refractivity contribution >= 4 is 0 Å². The molecule has 10 heteroatoms. The van der Waals surface area contributed by atoms with Gasteiger partial charge in [-0.05, 0) is 0 Å². The fourth-order valence-electron chi connectivity index (χ4n) is 1.99. The SMILES string of the molecule is COC1CN(C)C(OC)CN(C)[C]([Ti+3])(OC)CN1.[Cl-].[Cl-].[Cl-]. The molecule has 1 N–H and O–H groups in total. The number of hydrogen-bond donors (Lipinski definition) is 1. The minimum absolute atomic E-state index is 0. The predicted molar refractivity (Wildman–Crippen MR) is 64.6 cm³/mol. The van der Waals surface area contributed by atoms with Crippen LogP contribution in [0.1, 0.15) is 0 Å². The first-order chi connectivity index (χ1) is 8.46. The van der Waals surface area contributed by atoms with E-state index >= 15 is 0 Å². The van der Waals surface area contributed by atoms with Gasteiger partial charge in [0, 0.05) is 0 Å². The molecule has 1 saturated heterocycles. The monoisotopic (exact) mass is 399 g/mol. The average Bonchev–Trinajstić information content (AvgIpc) is 2.42. The molecule has 0 spiro atoms. The molecule has 0 aromatic heterocycles. The van der Waals surface area contributed by atoms with Crippen LogP contribution in [-0.4, -0.2) is 81.3 Å². The van der Waals surface area contributed by atoms with E-state index in [0.29, 0.717) is 6.54 Å². The van der Waals surface area contributed by atoms with Crippen molar-refractivity contribution in [3.63, 3.8) is 0 Å². The minimum Gasteiger partial charge on any atom is -1.00 e. The van der Waals surface area contributed by atoms with Gasteiger partial charge in [-0.15, -0.1) is 0 Å². The van der Waals surface area contributed by atoms with Gasteiger partial charge < -0.3 is 37.2 Å². The van der Waals surface area contributed by atoms with Crippen molar-refractivity contribution in [3.8, 4) is 0 Å². The standard InChI is InChI=1S/C11H24N3O3.3ClH.Ti/c1-13-7-9(15-3)12-6-10(16-4)14(2)8-11(13)17-5;;;;/h9,11-12H,6-8H2,1-5H3;3*1H;/q;;;;+3/p-3. The first-order valence-corrected chi connectivity index (χ1v) is 6.75. The second-order valence-electron chi connectivity index (χ2n) is 4.60. The maximum Gasteiger partial charge on any atom is -1.00 e. The van der Waals surface area contributed by atoms with E-state index in [1.807, 2.05) is 14.1 Å². The Morgan fingerprint density at radius 1 is 1.05 bits per heavy atom. The third-order valence-electron chi connectivity index (χ3n) is 3.46. The predicted octanol–water partition coefficient (Wildman–Crippen LogP) is -9.74. The van der Waals surface area contributed by atoms with E-state index in [4.69, 9.17) is 14.2 Å². The quantitative estimate of drug-likeness (QED) is 0.475. The summed E-state index contributed by atoms with van der Waals surface area (Å²) in [6.45, 7) is 2.24. The molecule has 1 rings (SSSR count). The molecule has 1 aliphatic heterocycles. The molecular weight excluding hydrogens is 376 g/mol. The summed E-state index contributed by atoms with van der Waals surface area (Å²) in [5.74, 6) is 0. The number of hydrogen-bond acceptors (Lipinski definition) is 6. The van der Waals surface area contributed by atoms with Gasteiger partial charge in [-0.1, -0.05) is 0 Å². The smallest absolute Gasteiger partial charge is 1.00 e. The van der Waals surface area contributed by atoms with Gasteiger partial charge in [0.15, 0.2) is 0 Å². The Kier molecular flexibility index (Phi) is 16.5. The van der Waals surface area contributed by atoms with Crippen LogP contribution < -0.4 is 42.5 Å². The Bertz CT molecular complexity index is 272. The minimum atomic E-state index is -0.376. The van der Waals surface area contributed by atoms with Gasteiger partial charge in [0.25, 0.3) is 0 Å². The van der Waals surface area contributed by atoms with E-state index in [0.717, 1.165) is 13.1 Å². The van der Waals surface area contributed by atoms with E-state index in [1.165, 1.54) is 0 Å². The molecule has 21 heavy (non-hydrogen) atoms. The molecule has 3 unspecified atom stereocenters. The maximum atomic E-state index is 5.64. The molecule has 1 aliphatic rings. The van der Waals surface area contributed by atoms with Gasteiger partial charge in [0.05, 0.1) is 0 Å². The fourth-order valence-corrected chi connectivity index (χ4v) is 2.29. The van der Waals surface area contributed by atoms with Crippen LogP contribution in [0.5, 0.6) is 0 Å². The Morgan fingerprint density at radius 2 is 1.62 bits per heavy atom. The second kappa shape index (κ2) is 12.7. The number of rotatable bonds is 3. The molecule has 1 heterocycles. The molecule has 0 aromatic carbocycles. The van der Waals surface area contributed by atoms with Gasteiger partial charge in [-0.2, -0.15) is 0 Å². The van der Waals surface area contributed by atoms with E-state index < -0.39 is 0 Å². The van der Waals surface area contributed by atoms with Crippen LogP contribution in [0.25, 0.3) is 0 Å². The zero-order chi connectivity index (χ0) is 13.8. The maximum absolute atomic E-state index is 5.64. The molecular formula is C11H24Cl3N3O3Ti. The summed E-state index contributed by atoms with van der Waals surface area (Å²) in [5, 5.41) is 3.37. The molecule has 126 valence electrons. The number of halogens is 3. The molecule has 6 nitrogen and oxygen atoms in total. The summed E-state index contributed by atoms with van der Waals surface area (Å²) < 4.78 is 16.2. The van der Waals surface area contributed by atoms with Gasteiger partial charge in [-0.3, -0.25) is 0 Å². The molecule has 0 amide bonds. The summed E-state index contributed by atoms with van der Waals surface area (Å²) in [4.78, 5) is 4.29. The van der Waals surface area contributed by atoms with Crippen LogP contribution >= 0.6 is 0 Å². The first-order valence-electron chi connectivity index (χ1n) is 5.97. The molecule has 0 saturated carbocycles. The van der Waals surface area contributed by atoms with Gasteiger partial charge in [0.2, 0.25) is 0 Å². The van der Waals surface area contributed by atoms with E-state index in [-0.39, 0.29) is 53.7 Å². The normalized spacial score (nSPS) is 31.8. The molecule has 1 fully saturated rings. The Hall–Kier alpha value is 1.34. The molecule has 0 bridgehead atoms. The summed E-state index contributed by atoms with van der Waals surface area (Å²) >= 11 is 2.06. The molecule has 0 aromatic rings. The average molecular weight is 401 g/mol. The van der Waals surface area contributed by atoms with Crippen molar-refractivity contribution in [2.75, 3.05) is 55.1 Å². The van der Waals surface area contributed by atoms with Crippen molar-refractivity contribution in [3.05, 3.63) is 0 Å². The number of ether oxygens (including phenoxy) is 3. The number of nitrogens with one attached hydrogen (secondary N) is 1. The summed E-state index contributed by atoms with van der Waals surface area (Å²) in [6.07, 6.45) is -0.0179. The molecule has 3 atom stereocenters. The second-order valence-corrected chi connectivity index (χ2v) is 5.82. The molecule has 0 radical (unpaired) electrons. The largest absolute Gasteiger partial charge is 1.00 e. The van der Waals surface area contributed by atoms with Gasteiger partial charge in [-0.25, -0.2) is 0 Å². The number of methoxy groups -OCH3 is 3. The Morgan fingerprint density at radius 3 is 2.05 bits per heavy atom. The van der Waals surface area contributed by atoms with Crippen LogP contribution in [0.3, 0.4) is 0 Å². The van der Waals surface area contributed by atoms with Crippen molar-refractivity contribution in [1.29, 1.82) is 0 Å². The van der Waals surface area contributed by atoms with Crippen LogP contribution in [0, 0.1) is 0 Å².